The third-order valence-corrected chi connectivity index (χ3v) is 11.1. The monoisotopic (exact) mass is 696 g/mol. The number of nitriles is 1. The zero-order chi connectivity index (χ0) is 33.9. The summed E-state index contributed by atoms with van der Waals surface area (Å²) >= 11 is 7.97. The molecule has 2 aromatic heterocycles. The van der Waals surface area contributed by atoms with Gasteiger partial charge < -0.3 is 30.3 Å². The van der Waals surface area contributed by atoms with Gasteiger partial charge in [0.05, 0.1) is 27.2 Å². The number of anilines is 2. The van der Waals surface area contributed by atoms with Crippen LogP contribution in [0.5, 0.6) is 11.8 Å². The van der Waals surface area contributed by atoms with Crippen LogP contribution in [0.1, 0.15) is 38.2 Å². The minimum absolute atomic E-state index is 0.00367. The number of fused-ring (bicyclic) bond motifs is 1. The predicted octanol–water partition coefficient (Wildman–Crippen LogP) is 5.76. The van der Waals surface area contributed by atoms with Gasteiger partial charge in [-0.2, -0.15) is 15.2 Å². The van der Waals surface area contributed by atoms with E-state index in [0.29, 0.717) is 25.5 Å². The molecule has 0 radical (unpaired) electrons. The van der Waals surface area contributed by atoms with Crippen LogP contribution in [0, 0.1) is 23.0 Å². The molecule has 252 valence electrons. The fourth-order valence-corrected chi connectivity index (χ4v) is 8.69. The molecule has 3 atom stereocenters. The number of nitrogens with one attached hydrogen (secondary N) is 1. The minimum atomic E-state index is -0.791. The highest BCUT2D eigenvalue weighted by molar-refractivity contribution is 7.23. The van der Waals surface area contributed by atoms with Crippen LogP contribution in [0.25, 0.3) is 32.1 Å². The van der Waals surface area contributed by atoms with Crippen molar-refractivity contribution in [3.8, 4) is 29.0 Å². The van der Waals surface area contributed by atoms with E-state index in [1.807, 2.05) is 24.9 Å². The lowest BCUT2D eigenvalue weighted by molar-refractivity contribution is 0.112. The number of thiophene rings is 1. The van der Waals surface area contributed by atoms with Crippen LogP contribution in [0.2, 0.25) is 5.02 Å². The maximum absolute atomic E-state index is 17.2. The molecule has 0 saturated carbocycles. The van der Waals surface area contributed by atoms with E-state index in [1.54, 1.807) is 11.9 Å². The van der Waals surface area contributed by atoms with E-state index in [0.717, 1.165) is 43.6 Å². The zero-order valence-electron chi connectivity index (χ0n) is 26.8. The summed E-state index contributed by atoms with van der Waals surface area (Å²) < 4.78 is 45.0. The van der Waals surface area contributed by atoms with E-state index >= 15 is 4.39 Å². The van der Waals surface area contributed by atoms with Crippen molar-refractivity contribution < 1.29 is 23.0 Å². The summed E-state index contributed by atoms with van der Waals surface area (Å²) in [5.41, 5.74) is 6.17. The molecule has 3 aliphatic rings. The van der Waals surface area contributed by atoms with Crippen molar-refractivity contribution in [1.82, 2.24) is 25.1 Å². The number of piperidine rings is 1. The second kappa shape index (κ2) is 12.7. The maximum atomic E-state index is 17.2. The Morgan fingerprint density at radius 1 is 1.23 bits per heavy atom. The van der Waals surface area contributed by atoms with Gasteiger partial charge >= 0.3 is 12.0 Å². The molecule has 5 heterocycles. The van der Waals surface area contributed by atoms with Crippen molar-refractivity contribution in [2.75, 3.05) is 57.5 Å². The van der Waals surface area contributed by atoms with E-state index < -0.39 is 11.6 Å². The second-order valence-corrected chi connectivity index (χ2v) is 13.9. The molecule has 15 heteroatoms. The molecule has 1 unspecified atom stereocenters. The molecule has 11 nitrogen and oxygen atoms in total. The topological polar surface area (TPSA) is 133 Å². The lowest BCUT2D eigenvalue weighted by Crippen LogP contribution is -2.52. The first-order valence-corrected chi connectivity index (χ1v) is 17.2. The molecule has 2 aromatic carbocycles. The number of hydrogen-bond donors (Lipinski definition) is 2. The number of aromatic nitrogens is 2. The molecular weight excluding hydrogens is 662 g/mol. The highest BCUT2D eigenvalue weighted by atomic mass is 35.5. The number of amides is 2. The lowest BCUT2D eigenvalue weighted by Gasteiger charge is -2.39. The van der Waals surface area contributed by atoms with Crippen LogP contribution in [0.15, 0.2) is 12.1 Å². The number of likely N-dealkylation sites (tertiary alicyclic amines) is 2. The van der Waals surface area contributed by atoms with Crippen molar-refractivity contribution in [3.63, 3.8) is 0 Å². The van der Waals surface area contributed by atoms with Crippen LogP contribution in [-0.2, 0) is 0 Å². The summed E-state index contributed by atoms with van der Waals surface area (Å²) in [6.45, 7) is 4.50. The maximum Gasteiger partial charge on any atom is 0.319 e. The number of rotatable bonds is 5. The van der Waals surface area contributed by atoms with E-state index in [2.05, 4.69) is 15.2 Å². The second-order valence-electron chi connectivity index (χ2n) is 12.5. The molecule has 2 amide bonds. The molecule has 3 aliphatic heterocycles. The summed E-state index contributed by atoms with van der Waals surface area (Å²) in [6, 6.07) is 4.44. The Kier molecular flexibility index (Phi) is 8.55. The highest BCUT2D eigenvalue weighted by Gasteiger charge is 2.36. The van der Waals surface area contributed by atoms with Gasteiger partial charge in [0.15, 0.2) is 11.6 Å². The fourth-order valence-electron chi connectivity index (χ4n) is 7.41. The highest BCUT2D eigenvalue weighted by Crippen LogP contribution is 2.51. The van der Waals surface area contributed by atoms with Gasteiger partial charge in [0.25, 0.3) is 0 Å². The number of likely N-dealkylation sites (N-methyl/N-ethyl adjacent to an activating group) is 1. The van der Waals surface area contributed by atoms with Crippen molar-refractivity contribution in [2.24, 2.45) is 0 Å². The number of hydrogen-bond acceptors (Lipinski definition) is 10. The Morgan fingerprint density at radius 2 is 2.02 bits per heavy atom. The Balaban J connectivity index is 1.45. The number of carbonyl (C=O) groups excluding carboxylic acids is 1. The molecule has 7 rings (SSSR count). The molecule has 3 N–H and O–H groups in total. The van der Waals surface area contributed by atoms with E-state index in [4.69, 9.17) is 31.8 Å². The number of ether oxygens (including phenoxy) is 2. The van der Waals surface area contributed by atoms with Gasteiger partial charge in [-0.1, -0.05) is 17.7 Å². The van der Waals surface area contributed by atoms with Crippen LogP contribution < -0.4 is 25.4 Å². The molecule has 2 saturated heterocycles. The predicted molar refractivity (Wildman–Crippen MR) is 182 cm³/mol. The molecule has 0 aliphatic carbocycles. The van der Waals surface area contributed by atoms with Crippen molar-refractivity contribution in [1.29, 1.82) is 5.26 Å². The standard InChI is InChI=1S/C33H35ClF2N8O3S/c1-16(21-7-5-10-42(21)3)47-32-40-27-24-28(46-13-12-44(31(24)41-32)17-6-4-11-43(15-17)33(45)39-2)25(34)23(26(27)36)18-8-9-20(35)29-22(18)19(14-37)30(38)48-29/h8-9,16-17,21H,4-7,10-13,15,38H2,1-3H3,(H,39,45)/t16-,17?,21-/m0/s1. The van der Waals surface area contributed by atoms with Crippen LogP contribution >= 0.6 is 22.9 Å². The number of nitrogens with two attached hydrogens (primary N) is 1. The lowest BCUT2D eigenvalue weighted by atomic mass is 9.96. The van der Waals surface area contributed by atoms with E-state index in [-0.39, 0.29) is 90.3 Å². The molecule has 0 spiro atoms. The van der Waals surface area contributed by atoms with E-state index in [1.165, 1.54) is 12.1 Å². The number of benzene rings is 2. The molecule has 48 heavy (non-hydrogen) atoms. The first kappa shape index (κ1) is 32.4. The molecule has 2 fully saturated rings. The third-order valence-electron chi connectivity index (χ3n) is 9.74. The average molecular weight is 697 g/mol. The number of carbonyl (C=O) groups is 1. The number of nitrogens with zero attached hydrogens (tertiary/aromatic N) is 6. The van der Waals surface area contributed by atoms with Crippen LogP contribution in [0.3, 0.4) is 0 Å². The quantitative estimate of drug-likeness (QED) is 0.267. The van der Waals surface area contributed by atoms with Gasteiger partial charge in [0.2, 0.25) is 0 Å². The van der Waals surface area contributed by atoms with Gasteiger partial charge in [-0.25, -0.2) is 13.6 Å². The Morgan fingerprint density at radius 3 is 2.75 bits per heavy atom. The summed E-state index contributed by atoms with van der Waals surface area (Å²) in [6.07, 6.45) is 3.22. The fraction of sp³-hybridized carbons (Fsp3) is 0.455. The van der Waals surface area contributed by atoms with Crippen molar-refractivity contribution >= 4 is 60.8 Å². The van der Waals surface area contributed by atoms with E-state index in [9.17, 15) is 14.4 Å². The van der Waals surface area contributed by atoms with Gasteiger partial charge in [-0.15, -0.1) is 11.3 Å². The summed E-state index contributed by atoms with van der Waals surface area (Å²) in [4.78, 5) is 28.2. The smallest absolute Gasteiger partial charge is 0.319 e. The van der Waals surface area contributed by atoms with Gasteiger partial charge in [0, 0.05) is 43.2 Å². The SMILES string of the molecule is CNC(=O)N1CCCC(N2CCOc3c(Cl)c(-c4ccc(F)c5sc(N)c(C#N)c45)c(F)c4nc(O[C@@H](C)[C@@H]5CCCN5C)nc2c34)C1. The minimum Gasteiger partial charge on any atom is -0.489 e. The first-order chi connectivity index (χ1) is 23.1. The zero-order valence-corrected chi connectivity index (χ0v) is 28.4. The van der Waals surface area contributed by atoms with Crippen molar-refractivity contribution in [2.45, 2.75) is 50.8 Å². The molecular formula is C33H35ClF2N8O3S. The van der Waals surface area contributed by atoms with Crippen molar-refractivity contribution in [3.05, 3.63) is 34.4 Å². The van der Waals surface area contributed by atoms with Gasteiger partial charge in [0.1, 0.15) is 40.9 Å². The molecule has 0 bridgehead atoms. The summed E-state index contributed by atoms with van der Waals surface area (Å²) in [5.74, 6) is -0.805. The number of halogens is 3. The first-order valence-electron chi connectivity index (χ1n) is 16.0. The Labute approximate surface area is 285 Å². The van der Waals surface area contributed by atoms with Gasteiger partial charge in [-0.05, 0) is 57.8 Å². The average Bonchev–Trinajstić information content (AvgIpc) is 3.61. The largest absolute Gasteiger partial charge is 0.489 e. The number of nitrogen functional groups attached to an aromatic ring is 1. The summed E-state index contributed by atoms with van der Waals surface area (Å²) in [7, 11) is 3.65. The van der Waals surface area contributed by atoms with Crippen LogP contribution in [0.4, 0.5) is 24.4 Å². The van der Waals surface area contributed by atoms with Crippen LogP contribution in [-0.4, -0.2) is 90.9 Å². The van der Waals surface area contributed by atoms with Gasteiger partial charge in [-0.3, -0.25) is 4.90 Å². The third kappa shape index (κ3) is 5.28. The Hall–Kier alpha value is -4.19. The summed E-state index contributed by atoms with van der Waals surface area (Å²) in [5, 5.41) is 13.1. The molecule has 4 aromatic rings. The number of urea groups is 1. The Bertz CT molecular complexity index is 1990. The normalized spacial score (nSPS) is 20.4.